The van der Waals surface area contributed by atoms with Gasteiger partial charge in [0.15, 0.2) is 0 Å². The van der Waals surface area contributed by atoms with Gasteiger partial charge in [0.1, 0.15) is 35.5 Å². The first-order chi connectivity index (χ1) is 15.4. The zero-order valence-corrected chi connectivity index (χ0v) is 20.4. The second-order valence-corrected chi connectivity index (χ2v) is 9.80. The molecule has 6 nitrogen and oxygen atoms in total. The zero-order valence-electron chi connectivity index (χ0n) is 18.8. The minimum Gasteiger partial charge on any atom is -0.488 e. The fraction of sp³-hybridized carbons (Fsp3) is 0.667. The van der Waals surface area contributed by atoms with E-state index in [4.69, 9.17) is 25.9 Å². The maximum atomic E-state index is 13.0. The van der Waals surface area contributed by atoms with Crippen molar-refractivity contribution in [3.8, 4) is 5.75 Å². The van der Waals surface area contributed by atoms with Gasteiger partial charge in [-0.15, -0.1) is 12.6 Å². The summed E-state index contributed by atoms with van der Waals surface area (Å²) in [7, 11) is 0. The highest BCUT2D eigenvalue weighted by molar-refractivity contribution is 7.80. The third-order valence-electron chi connectivity index (χ3n) is 6.27. The third kappa shape index (κ3) is 6.94. The predicted molar refractivity (Wildman–Crippen MR) is 127 cm³/mol. The standard InChI is InChI=1S/C24H34ClNO5S/c1-3-5-20(26-30-14-15(2)31-18-9-7-17(25)8-10-18)23-21(27)12-16(13-22(23)28)19-6-4-11-29-24(19)32/h7-10,15-16,19-20,23-24,26,32H,3-6,11-14H2,1-2H3. The molecule has 0 radical (unpaired) electrons. The Kier molecular flexibility index (Phi) is 9.86. The topological polar surface area (TPSA) is 73.9 Å². The fourth-order valence-corrected chi connectivity index (χ4v) is 5.31. The van der Waals surface area contributed by atoms with Gasteiger partial charge in [0.2, 0.25) is 0 Å². The Bertz CT molecular complexity index is 743. The molecule has 0 spiro atoms. The summed E-state index contributed by atoms with van der Waals surface area (Å²) in [4.78, 5) is 31.7. The molecule has 1 aliphatic heterocycles. The van der Waals surface area contributed by atoms with E-state index in [2.05, 4.69) is 18.1 Å². The van der Waals surface area contributed by atoms with Crippen LogP contribution in [0.15, 0.2) is 24.3 Å². The van der Waals surface area contributed by atoms with Gasteiger partial charge in [-0.1, -0.05) is 24.9 Å². The second kappa shape index (κ2) is 12.4. The van der Waals surface area contributed by atoms with E-state index in [-0.39, 0.29) is 47.6 Å². The molecule has 1 saturated heterocycles. The number of nitrogens with one attached hydrogen (secondary N) is 1. The van der Waals surface area contributed by atoms with Crippen molar-refractivity contribution in [1.29, 1.82) is 0 Å². The maximum absolute atomic E-state index is 13.0. The maximum Gasteiger partial charge on any atom is 0.145 e. The molecule has 4 atom stereocenters. The average molecular weight is 484 g/mol. The molecule has 1 aromatic carbocycles. The molecule has 2 fully saturated rings. The highest BCUT2D eigenvalue weighted by Gasteiger charge is 2.44. The first-order valence-corrected chi connectivity index (χ1v) is 12.4. The van der Waals surface area contributed by atoms with Crippen LogP contribution in [0.5, 0.6) is 5.75 Å². The lowest BCUT2D eigenvalue weighted by molar-refractivity contribution is -0.143. The highest BCUT2D eigenvalue weighted by Crippen LogP contribution is 2.38. The van der Waals surface area contributed by atoms with E-state index < -0.39 is 5.92 Å². The first kappa shape index (κ1) is 25.5. The van der Waals surface area contributed by atoms with Crippen molar-refractivity contribution in [2.75, 3.05) is 13.2 Å². The molecule has 0 aromatic heterocycles. The van der Waals surface area contributed by atoms with Gasteiger partial charge in [-0.05, 0) is 62.3 Å². The number of rotatable bonds is 10. The number of thiol groups is 1. The van der Waals surface area contributed by atoms with Crippen LogP contribution < -0.4 is 10.2 Å². The number of carbonyl (C=O) groups is 2. The Morgan fingerprint density at radius 2 is 1.91 bits per heavy atom. The van der Waals surface area contributed by atoms with Crippen LogP contribution in [0.25, 0.3) is 0 Å². The summed E-state index contributed by atoms with van der Waals surface area (Å²) in [6, 6.07) is 6.80. The van der Waals surface area contributed by atoms with Crippen LogP contribution in [0.1, 0.15) is 52.4 Å². The van der Waals surface area contributed by atoms with Gasteiger partial charge in [-0.25, -0.2) is 0 Å². The van der Waals surface area contributed by atoms with Crippen molar-refractivity contribution in [2.24, 2.45) is 17.8 Å². The van der Waals surface area contributed by atoms with Gasteiger partial charge in [0, 0.05) is 30.5 Å². The lowest BCUT2D eigenvalue weighted by Gasteiger charge is -2.38. The van der Waals surface area contributed by atoms with Crippen LogP contribution in [0, 0.1) is 17.8 Å². The molecule has 1 N–H and O–H groups in total. The van der Waals surface area contributed by atoms with Gasteiger partial charge >= 0.3 is 0 Å². The number of Topliss-reactive ketones (excluding diaryl/α,β-unsaturated/α-hetero) is 2. The molecular formula is C24H34ClNO5S. The summed E-state index contributed by atoms with van der Waals surface area (Å²) < 4.78 is 11.5. The van der Waals surface area contributed by atoms with Crippen LogP contribution in [-0.2, 0) is 19.2 Å². The molecule has 178 valence electrons. The lowest BCUT2D eigenvalue weighted by Crippen LogP contribution is -2.49. The Balaban J connectivity index is 1.52. The second-order valence-electron chi connectivity index (χ2n) is 8.85. The minimum absolute atomic E-state index is 0.00244. The number of benzene rings is 1. The number of carbonyl (C=O) groups excluding carboxylic acids is 2. The summed E-state index contributed by atoms with van der Waals surface area (Å²) >= 11 is 10.4. The van der Waals surface area contributed by atoms with Gasteiger partial charge in [-0.3, -0.25) is 14.4 Å². The Hall–Kier alpha value is -1.12. The van der Waals surface area contributed by atoms with Gasteiger partial charge in [-0.2, -0.15) is 5.48 Å². The van der Waals surface area contributed by atoms with Gasteiger partial charge in [0.25, 0.3) is 0 Å². The number of ketones is 2. The quantitative estimate of drug-likeness (QED) is 0.287. The molecule has 32 heavy (non-hydrogen) atoms. The van der Waals surface area contributed by atoms with Crippen molar-refractivity contribution < 1.29 is 23.9 Å². The highest BCUT2D eigenvalue weighted by atomic mass is 35.5. The number of ether oxygens (including phenoxy) is 2. The summed E-state index contributed by atoms with van der Waals surface area (Å²) in [5.74, 6) is 0.204. The average Bonchev–Trinajstić information content (AvgIpc) is 2.75. The molecule has 3 rings (SSSR count). The SMILES string of the molecule is CCCC(NOCC(C)Oc1ccc(Cl)cc1)C1C(=O)CC(C2CCCOC2S)CC1=O. The Morgan fingerprint density at radius 1 is 1.22 bits per heavy atom. The van der Waals surface area contributed by atoms with E-state index in [1.165, 1.54) is 0 Å². The van der Waals surface area contributed by atoms with Gasteiger partial charge < -0.3 is 9.47 Å². The van der Waals surface area contributed by atoms with E-state index in [1.807, 2.05) is 13.8 Å². The van der Waals surface area contributed by atoms with Crippen LogP contribution in [0.3, 0.4) is 0 Å². The first-order valence-electron chi connectivity index (χ1n) is 11.5. The molecular weight excluding hydrogens is 450 g/mol. The summed E-state index contributed by atoms with van der Waals surface area (Å²) in [6.45, 7) is 4.91. The molecule has 1 aliphatic carbocycles. The van der Waals surface area contributed by atoms with Crippen molar-refractivity contribution >= 4 is 35.8 Å². The van der Waals surface area contributed by atoms with E-state index in [1.54, 1.807) is 24.3 Å². The molecule has 2 aliphatic rings. The normalized spacial score (nSPS) is 28.4. The molecule has 8 heteroatoms. The number of hydroxylamine groups is 1. The van der Waals surface area contributed by atoms with Crippen LogP contribution in [0.2, 0.25) is 5.02 Å². The molecule has 0 bridgehead atoms. The van der Waals surface area contributed by atoms with E-state index in [0.717, 1.165) is 19.3 Å². The Labute approximate surface area is 201 Å². The van der Waals surface area contributed by atoms with Gasteiger partial charge in [0.05, 0.1) is 5.92 Å². The number of hydrogen-bond acceptors (Lipinski definition) is 7. The monoisotopic (exact) mass is 483 g/mol. The smallest absolute Gasteiger partial charge is 0.145 e. The van der Waals surface area contributed by atoms with E-state index in [0.29, 0.717) is 36.6 Å². The Morgan fingerprint density at radius 3 is 2.53 bits per heavy atom. The number of halogens is 1. The summed E-state index contributed by atoms with van der Waals surface area (Å²) in [6.07, 6.45) is 4.02. The molecule has 1 saturated carbocycles. The number of hydrogen-bond donors (Lipinski definition) is 2. The van der Waals surface area contributed by atoms with Crippen molar-refractivity contribution in [3.05, 3.63) is 29.3 Å². The van der Waals surface area contributed by atoms with Crippen LogP contribution in [-0.4, -0.2) is 42.4 Å². The third-order valence-corrected chi connectivity index (χ3v) is 7.05. The van der Waals surface area contributed by atoms with E-state index >= 15 is 0 Å². The largest absolute Gasteiger partial charge is 0.488 e. The van der Waals surface area contributed by atoms with Crippen LogP contribution in [0.4, 0.5) is 0 Å². The van der Waals surface area contributed by atoms with E-state index in [9.17, 15) is 9.59 Å². The molecule has 1 aromatic rings. The fourth-order valence-electron chi connectivity index (χ4n) is 4.69. The van der Waals surface area contributed by atoms with Crippen molar-refractivity contribution in [2.45, 2.75) is 70.0 Å². The zero-order chi connectivity index (χ0) is 23.1. The predicted octanol–water partition coefficient (Wildman–Crippen LogP) is 4.64. The molecule has 1 heterocycles. The summed E-state index contributed by atoms with van der Waals surface area (Å²) in [5, 5.41) is 0.648. The molecule has 0 amide bonds. The van der Waals surface area contributed by atoms with Crippen molar-refractivity contribution in [1.82, 2.24) is 5.48 Å². The lowest BCUT2D eigenvalue weighted by atomic mass is 9.70. The van der Waals surface area contributed by atoms with Crippen molar-refractivity contribution in [3.63, 3.8) is 0 Å². The molecule has 4 unspecified atom stereocenters. The minimum atomic E-state index is -0.665. The van der Waals surface area contributed by atoms with Crippen LogP contribution >= 0.6 is 24.2 Å². The summed E-state index contributed by atoms with van der Waals surface area (Å²) in [5.41, 5.74) is 2.80.